The molecule has 2 aromatic carbocycles. The molecule has 15 heteroatoms. The van der Waals surface area contributed by atoms with Crippen LogP contribution in [-0.2, 0) is 49.7 Å². The third-order valence-electron chi connectivity index (χ3n) is 8.33. The Labute approximate surface area is 324 Å². The van der Waals surface area contributed by atoms with Gasteiger partial charge in [-0.25, -0.2) is 4.79 Å². The van der Waals surface area contributed by atoms with Crippen LogP contribution in [0, 0.1) is 0 Å². The predicted octanol–water partition coefficient (Wildman–Crippen LogP) is 7.49. The molecule has 1 saturated carbocycles. The third-order valence-corrected chi connectivity index (χ3v) is 10.3. The first kappa shape index (κ1) is 40.4. The summed E-state index contributed by atoms with van der Waals surface area (Å²) in [6.07, 6.45) is 4.38. The van der Waals surface area contributed by atoms with Gasteiger partial charge >= 0.3 is 12.1 Å². The summed E-state index contributed by atoms with van der Waals surface area (Å²) in [5, 5.41) is 28.5. The van der Waals surface area contributed by atoms with Crippen molar-refractivity contribution in [1.29, 1.82) is 0 Å². The molecule has 288 valence electrons. The highest BCUT2D eigenvalue weighted by molar-refractivity contribution is 7.15. The van der Waals surface area contributed by atoms with Crippen LogP contribution >= 0.6 is 22.7 Å². The molecule has 2 atom stereocenters. The van der Waals surface area contributed by atoms with Crippen LogP contribution in [0.1, 0.15) is 118 Å². The second kappa shape index (κ2) is 18.0. The zero-order valence-electron chi connectivity index (χ0n) is 31.7. The van der Waals surface area contributed by atoms with E-state index in [1.54, 1.807) is 0 Å². The van der Waals surface area contributed by atoms with Gasteiger partial charge in [-0.2, -0.15) is 0 Å². The van der Waals surface area contributed by atoms with Crippen LogP contribution in [-0.4, -0.2) is 55.5 Å². The minimum atomic E-state index is -0.582. The summed E-state index contributed by atoms with van der Waals surface area (Å²) in [6.45, 7) is 11.2. The van der Waals surface area contributed by atoms with Crippen LogP contribution in [0.25, 0.3) is 0 Å². The molecule has 0 spiro atoms. The van der Waals surface area contributed by atoms with Crippen LogP contribution in [0.15, 0.2) is 48.5 Å². The molecule has 0 aliphatic heterocycles. The van der Waals surface area contributed by atoms with Crippen molar-refractivity contribution in [3.05, 3.63) is 80.8 Å². The number of nitrogens with one attached hydrogen (secondary N) is 3. The maximum absolute atomic E-state index is 12.9. The monoisotopic (exact) mass is 775 g/mol. The highest BCUT2D eigenvalue weighted by Crippen LogP contribution is 2.43. The van der Waals surface area contributed by atoms with E-state index in [0.717, 1.165) is 58.0 Å². The Kier molecular flexibility index (Phi) is 13.5. The molecule has 2 aromatic heterocycles. The molecule has 3 amide bonds. The first-order valence-electron chi connectivity index (χ1n) is 18.2. The number of amides is 3. The number of aromatic nitrogens is 4. The normalized spacial score (nSPS) is 16.0. The van der Waals surface area contributed by atoms with Crippen molar-refractivity contribution in [1.82, 2.24) is 25.7 Å². The van der Waals surface area contributed by atoms with Crippen LogP contribution in [0.3, 0.4) is 0 Å². The average Bonchev–Trinajstić information content (AvgIpc) is 3.75. The van der Waals surface area contributed by atoms with Gasteiger partial charge in [-0.05, 0) is 89.5 Å². The number of nitrogens with zero attached hydrogens (tertiary/aromatic N) is 4. The average molecular weight is 776 g/mol. The summed E-state index contributed by atoms with van der Waals surface area (Å²) in [5.41, 5.74) is 2.38. The van der Waals surface area contributed by atoms with Gasteiger partial charge in [0, 0.05) is 24.8 Å². The Morgan fingerprint density at radius 2 is 1.20 bits per heavy atom. The zero-order chi connectivity index (χ0) is 38.9. The molecule has 0 saturated heterocycles. The highest BCUT2D eigenvalue weighted by Gasteiger charge is 2.30. The number of esters is 1. The van der Waals surface area contributed by atoms with Crippen molar-refractivity contribution in [2.24, 2.45) is 0 Å². The maximum Gasteiger partial charge on any atom is 0.407 e. The molecule has 3 N–H and O–H groups in total. The van der Waals surface area contributed by atoms with Gasteiger partial charge in [-0.15, -0.1) is 20.4 Å². The minimum absolute atomic E-state index is 0.152. The van der Waals surface area contributed by atoms with Crippen LogP contribution in [0.5, 0.6) is 0 Å². The number of ether oxygens (including phenoxy) is 2. The van der Waals surface area contributed by atoms with Crippen LogP contribution in [0.2, 0.25) is 0 Å². The SMILES string of the molecule is CC(C)(C)OC(=O)CCc1cccc(CC(=O)Nc2nnc([C@H]3CCC[C@H](c4nnc(NC(=O)Cc5cccc(CNC(=O)OC(C)(C)C)c5)s4)C3)s2)c1. The number of carbonyl (C=O) groups excluding carboxylic acids is 4. The Morgan fingerprint density at radius 1 is 0.704 bits per heavy atom. The molecule has 13 nitrogen and oxygen atoms in total. The molecule has 5 rings (SSSR count). The Bertz CT molecular complexity index is 1790. The van der Waals surface area contributed by atoms with E-state index in [4.69, 9.17) is 9.47 Å². The lowest BCUT2D eigenvalue weighted by atomic mass is 9.82. The van der Waals surface area contributed by atoms with Crippen LogP contribution in [0.4, 0.5) is 15.1 Å². The summed E-state index contributed by atoms with van der Waals surface area (Å²) < 4.78 is 10.7. The molecule has 0 unspecified atom stereocenters. The summed E-state index contributed by atoms with van der Waals surface area (Å²) in [5.74, 6) is -0.291. The van der Waals surface area contributed by atoms with Crippen molar-refractivity contribution in [2.75, 3.05) is 10.6 Å². The van der Waals surface area contributed by atoms with Crippen molar-refractivity contribution < 1.29 is 28.7 Å². The maximum atomic E-state index is 12.9. The number of alkyl carbamates (subject to hydrolysis) is 1. The first-order valence-corrected chi connectivity index (χ1v) is 19.8. The van der Waals surface area contributed by atoms with E-state index in [1.165, 1.54) is 22.7 Å². The van der Waals surface area contributed by atoms with Crippen molar-refractivity contribution in [3.63, 3.8) is 0 Å². The van der Waals surface area contributed by atoms with Gasteiger partial charge in [0.25, 0.3) is 0 Å². The lowest BCUT2D eigenvalue weighted by Crippen LogP contribution is -2.32. The molecular weight excluding hydrogens is 727 g/mol. The number of benzene rings is 2. The van der Waals surface area contributed by atoms with E-state index in [9.17, 15) is 19.2 Å². The fourth-order valence-electron chi connectivity index (χ4n) is 6.11. The number of aryl methyl sites for hydroxylation is 1. The lowest BCUT2D eigenvalue weighted by Gasteiger charge is -2.25. The summed E-state index contributed by atoms with van der Waals surface area (Å²) in [6, 6.07) is 15.1. The quantitative estimate of drug-likeness (QED) is 0.115. The highest BCUT2D eigenvalue weighted by atomic mass is 32.1. The van der Waals surface area contributed by atoms with E-state index >= 15 is 0 Å². The molecule has 1 fully saturated rings. The number of carbonyl (C=O) groups is 4. The Hall–Kier alpha value is -4.76. The van der Waals surface area contributed by atoms with Crippen molar-refractivity contribution in [3.8, 4) is 0 Å². The number of rotatable bonds is 13. The molecule has 2 heterocycles. The second-order valence-electron chi connectivity index (χ2n) is 15.5. The number of hydrogen-bond donors (Lipinski definition) is 3. The molecule has 4 aromatic rings. The van der Waals surface area contributed by atoms with E-state index in [2.05, 4.69) is 36.3 Å². The summed E-state index contributed by atoms with van der Waals surface area (Å²) >= 11 is 2.78. The fourth-order valence-corrected chi connectivity index (χ4v) is 7.92. The standard InChI is InChI=1S/C39H49N7O6S2/c1-38(2,3)51-32(49)17-16-24-10-7-11-25(18-24)20-30(47)41-35-45-43-33(53-35)28-14-9-15-29(22-28)34-44-46-36(54-34)42-31(48)21-26-12-8-13-27(19-26)23-40-37(50)52-39(4,5)6/h7-8,10-13,18-19,28-29H,9,14-17,20-23H2,1-6H3,(H,40,50)(H,41,45,47)(H,42,46,48)/t28-,29-/m0/s1. The molecular formula is C39H49N7O6S2. The largest absolute Gasteiger partial charge is 0.460 e. The first-order chi connectivity index (χ1) is 25.6. The predicted molar refractivity (Wildman–Crippen MR) is 209 cm³/mol. The van der Waals surface area contributed by atoms with Gasteiger partial charge in [0.1, 0.15) is 21.2 Å². The van der Waals surface area contributed by atoms with Crippen molar-refractivity contribution in [2.45, 2.75) is 122 Å². The topological polar surface area (TPSA) is 174 Å². The van der Waals surface area contributed by atoms with E-state index < -0.39 is 17.3 Å². The summed E-state index contributed by atoms with van der Waals surface area (Å²) in [7, 11) is 0. The molecule has 1 aliphatic rings. The van der Waals surface area contributed by atoms with E-state index in [1.807, 2.05) is 90.1 Å². The number of hydrogen-bond acceptors (Lipinski definition) is 12. The lowest BCUT2D eigenvalue weighted by molar-refractivity contribution is -0.154. The van der Waals surface area contributed by atoms with Gasteiger partial charge in [-0.1, -0.05) is 77.6 Å². The van der Waals surface area contributed by atoms with E-state index in [0.29, 0.717) is 16.7 Å². The zero-order valence-corrected chi connectivity index (χ0v) is 33.3. The van der Waals surface area contributed by atoms with Gasteiger partial charge in [-0.3, -0.25) is 14.4 Å². The van der Waals surface area contributed by atoms with E-state index in [-0.39, 0.29) is 55.4 Å². The minimum Gasteiger partial charge on any atom is -0.460 e. The molecule has 0 radical (unpaired) electrons. The smallest absolute Gasteiger partial charge is 0.407 e. The van der Waals surface area contributed by atoms with Crippen molar-refractivity contribution >= 4 is 56.8 Å². The Balaban J connectivity index is 1.08. The fraction of sp³-hybridized carbons (Fsp3) is 0.487. The van der Waals surface area contributed by atoms with Crippen LogP contribution < -0.4 is 16.0 Å². The van der Waals surface area contributed by atoms with Gasteiger partial charge < -0.3 is 25.4 Å². The molecule has 0 bridgehead atoms. The molecule has 54 heavy (non-hydrogen) atoms. The summed E-state index contributed by atoms with van der Waals surface area (Å²) in [4.78, 5) is 49.9. The molecule has 1 aliphatic carbocycles. The van der Waals surface area contributed by atoms with Gasteiger partial charge in [0.2, 0.25) is 22.1 Å². The third kappa shape index (κ3) is 13.3. The second-order valence-corrected chi connectivity index (χ2v) is 17.5. The van der Waals surface area contributed by atoms with Gasteiger partial charge in [0.15, 0.2) is 0 Å². The Morgan fingerprint density at radius 3 is 1.74 bits per heavy atom. The van der Waals surface area contributed by atoms with Gasteiger partial charge in [0.05, 0.1) is 12.8 Å². The number of anilines is 2.